The Morgan fingerprint density at radius 1 is 0.710 bits per heavy atom. The Kier molecular flexibility index (Phi) is 17.5. The van der Waals surface area contributed by atoms with E-state index in [0.29, 0.717) is 48.0 Å². The second-order valence-electron chi connectivity index (χ2n) is 23.6. The van der Waals surface area contributed by atoms with Crippen molar-refractivity contribution in [3.05, 3.63) is 81.7 Å². The van der Waals surface area contributed by atoms with Crippen LogP contribution >= 0.6 is 0 Å². The number of benzene rings is 2. The summed E-state index contributed by atoms with van der Waals surface area (Å²) in [4.78, 5) is 47.6. The van der Waals surface area contributed by atoms with Crippen LogP contribution in [0.2, 0.25) is 36.3 Å². The van der Waals surface area contributed by atoms with Crippen molar-refractivity contribution in [1.82, 2.24) is 19.8 Å². The summed E-state index contributed by atoms with van der Waals surface area (Å²) in [6.45, 7) is 33.6. The van der Waals surface area contributed by atoms with E-state index in [1.165, 1.54) is 24.3 Å². The summed E-state index contributed by atoms with van der Waals surface area (Å²) in [5, 5.41) is 13.4. The Morgan fingerprint density at radius 3 is 1.41 bits per heavy atom. The lowest BCUT2D eigenvalue weighted by molar-refractivity contribution is -0.484. The van der Waals surface area contributed by atoms with Crippen LogP contribution in [-0.4, -0.2) is 115 Å². The lowest BCUT2D eigenvalue weighted by Gasteiger charge is -2.42. The molecule has 6 atom stereocenters. The van der Waals surface area contributed by atoms with Crippen LogP contribution in [0.5, 0.6) is 0 Å². The van der Waals surface area contributed by atoms with Gasteiger partial charge >= 0.3 is 12.2 Å². The SMILES string of the molecule is C.CC(C)(C)OC(=O)N1CC[C@H](O[Si](C)(C)C(C)(C)C)[C@H]1[C@H](CN)c1c[nH]c2cc(F)ccc12.CC(C)(C)OC(=O)N1CC[C@H](O[Si](C)(C)C(C)(C)C)[C@H]1[C@H](C[N+](=O)[O-])c1c[nH]c2cc(F)ccc12. The van der Waals surface area contributed by atoms with Gasteiger partial charge in [-0.25, -0.2) is 18.4 Å². The topological polar surface area (TPSA) is 178 Å². The molecule has 0 aliphatic carbocycles. The number of fused-ring (bicyclic) bond motifs is 2. The number of nitrogens with two attached hydrogens (primary N) is 1. The standard InChI is InChI=1S/C25H38FN3O5Si.C25H40FN3O3Si.CH4/c1-24(2,3)33-23(30)28-12-11-21(34-35(7,8)25(4,5)6)22(28)19(15-29(31)32)18-14-27-20-13-16(26)9-10-17(18)20;1-24(2,3)31-23(30)29-12-11-21(32-33(7,8)25(4,5)6)22(29)18(14-27)19-15-28-20-13-16(26)9-10-17(19)20;/h9-10,13-14,19,21-22,27H,11-12,15H2,1-8H3;9-10,13,15,18,21-22,28H,11-12,14,27H2,1-8H3;1H4/t19-,21+,22-;18-,21+,22-;/m11./s1. The number of nitro groups is 1. The van der Waals surface area contributed by atoms with Crippen LogP contribution in [0.15, 0.2) is 48.8 Å². The summed E-state index contributed by atoms with van der Waals surface area (Å²) in [7, 11) is -4.37. The molecule has 4 heterocycles. The van der Waals surface area contributed by atoms with Gasteiger partial charge in [0.1, 0.15) is 22.8 Å². The van der Waals surface area contributed by atoms with Gasteiger partial charge in [-0.15, -0.1) is 0 Å². The van der Waals surface area contributed by atoms with Gasteiger partial charge in [0.15, 0.2) is 16.6 Å². The molecule has 6 rings (SSSR count). The fourth-order valence-electron chi connectivity index (χ4n) is 8.82. The molecule has 0 spiro atoms. The highest BCUT2D eigenvalue weighted by atomic mass is 28.4. The first-order chi connectivity index (χ1) is 31.1. The lowest BCUT2D eigenvalue weighted by atomic mass is 9.88. The van der Waals surface area contributed by atoms with Gasteiger partial charge in [0.25, 0.3) is 0 Å². The lowest BCUT2D eigenvalue weighted by Crippen LogP contribution is -2.52. The first-order valence-electron chi connectivity index (χ1n) is 23.8. The molecule has 2 amide bonds. The molecule has 69 heavy (non-hydrogen) atoms. The predicted molar refractivity (Wildman–Crippen MR) is 276 cm³/mol. The van der Waals surface area contributed by atoms with Gasteiger partial charge in [-0.3, -0.25) is 10.1 Å². The molecule has 2 fully saturated rings. The summed E-state index contributed by atoms with van der Waals surface area (Å²) in [5.74, 6) is -1.55. The fraction of sp³-hybridized carbons (Fsp3) is 0.647. The van der Waals surface area contributed by atoms with Crippen LogP contribution in [-0.2, 0) is 18.3 Å². The van der Waals surface area contributed by atoms with Gasteiger partial charge in [-0.2, -0.15) is 0 Å². The monoisotopic (exact) mass is 1000 g/mol. The van der Waals surface area contributed by atoms with Gasteiger partial charge in [0.05, 0.1) is 30.2 Å². The highest BCUT2D eigenvalue weighted by molar-refractivity contribution is 6.74. The summed E-state index contributed by atoms with van der Waals surface area (Å²) in [5.41, 5.74) is 7.95. The Hall–Kier alpha value is -4.37. The average Bonchev–Trinajstić information content (AvgIpc) is 3.98. The number of amides is 2. The molecule has 0 saturated carbocycles. The first kappa shape index (κ1) is 57.2. The van der Waals surface area contributed by atoms with E-state index in [-0.39, 0.29) is 52.4 Å². The van der Waals surface area contributed by atoms with Crippen molar-refractivity contribution in [2.24, 2.45) is 5.73 Å². The van der Waals surface area contributed by atoms with Crippen molar-refractivity contribution in [2.45, 2.75) is 187 Å². The number of aromatic amines is 2. The van der Waals surface area contributed by atoms with Crippen molar-refractivity contribution < 1.29 is 41.6 Å². The molecule has 2 aromatic carbocycles. The maximum Gasteiger partial charge on any atom is 0.410 e. The van der Waals surface area contributed by atoms with E-state index in [0.717, 1.165) is 17.4 Å². The number of nitrogens with one attached hydrogen (secondary N) is 2. The second kappa shape index (κ2) is 21.2. The zero-order valence-electron chi connectivity index (χ0n) is 43.3. The number of ether oxygens (including phenoxy) is 2. The number of hydrogen-bond acceptors (Lipinski definition) is 9. The maximum absolute atomic E-state index is 13.8. The van der Waals surface area contributed by atoms with Crippen LogP contribution in [0.25, 0.3) is 21.8 Å². The molecule has 4 aromatic rings. The normalized spacial score (nSPS) is 20.3. The summed E-state index contributed by atoms with van der Waals surface area (Å²) < 4.78 is 52.7. The third kappa shape index (κ3) is 13.5. The van der Waals surface area contributed by atoms with Crippen molar-refractivity contribution >= 4 is 50.6 Å². The van der Waals surface area contributed by atoms with Crippen LogP contribution in [0.3, 0.4) is 0 Å². The number of hydrogen-bond donors (Lipinski definition) is 3. The van der Waals surface area contributed by atoms with Crippen LogP contribution < -0.4 is 5.73 Å². The number of likely N-dealkylation sites (tertiary alicyclic amines) is 2. The number of H-pyrrole nitrogens is 2. The van der Waals surface area contributed by atoms with Crippen molar-refractivity contribution in [3.8, 4) is 0 Å². The molecule has 2 aromatic heterocycles. The highest BCUT2D eigenvalue weighted by Gasteiger charge is 2.51. The Labute approximate surface area is 411 Å². The molecule has 2 aliphatic heterocycles. The van der Waals surface area contributed by atoms with Crippen LogP contribution in [0.4, 0.5) is 18.4 Å². The summed E-state index contributed by atoms with van der Waals surface area (Å²) in [6, 6.07) is 8.17. The van der Waals surface area contributed by atoms with Gasteiger partial charge in [-0.1, -0.05) is 49.0 Å². The highest BCUT2D eigenvalue weighted by Crippen LogP contribution is 2.45. The van der Waals surface area contributed by atoms with Crippen molar-refractivity contribution in [2.75, 3.05) is 26.2 Å². The smallest absolute Gasteiger partial charge is 0.410 e. The predicted octanol–water partition coefficient (Wildman–Crippen LogP) is 12.5. The molecular formula is C51H82F2N6O8Si2. The van der Waals surface area contributed by atoms with Crippen molar-refractivity contribution in [3.63, 3.8) is 0 Å². The van der Waals surface area contributed by atoms with Gasteiger partial charge < -0.3 is 43.8 Å². The zero-order valence-corrected chi connectivity index (χ0v) is 45.3. The molecule has 0 unspecified atom stereocenters. The number of rotatable bonds is 11. The van der Waals surface area contributed by atoms with Gasteiger partial charge in [0.2, 0.25) is 6.54 Å². The van der Waals surface area contributed by atoms with E-state index in [4.69, 9.17) is 24.1 Å². The molecule has 18 heteroatoms. The zero-order chi connectivity index (χ0) is 51.1. The number of nitrogens with zero attached hydrogens (tertiary/aromatic N) is 3. The molecule has 0 radical (unpaired) electrons. The van der Waals surface area contributed by atoms with E-state index in [9.17, 15) is 28.5 Å². The fourth-order valence-corrected chi connectivity index (χ4v) is 11.6. The Bertz CT molecular complexity index is 2410. The van der Waals surface area contributed by atoms with E-state index in [2.05, 4.69) is 77.7 Å². The second-order valence-corrected chi connectivity index (χ2v) is 33.1. The first-order valence-corrected chi connectivity index (χ1v) is 29.7. The summed E-state index contributed by atoms with van der Waals surface area (Å²) in [6.07, 6.45) is 3.45. The minimum absolute atomic E-state index is 0. The Morgan fingerprint density at radius 2 is 1.07 bits per heavy atom. The molecule has 4 N–H and O–H groups in total. The van der Waals surface area contributed by atoms with Gasteiger partial charge in [-0.05, 0) is 138 Å². The third-order valence-corrected chi connectivity index (χ3v) is 23.1. The van der Waals surface area contributed by atoms with E-state index < -0.39 is 64.4 Å². The van der Waals surface area contributed by atoms with Crippen molar-refractivity contribution in [1.29, 1.82) is 0 Å². The number of carbonyl (C=O) groups excluding carboxylic acids is 2. The van der Waals surface area contributed by atoms with Crippen LogP contribution in [0.1, 0.15) is 126 Å². The number of halogens is 2. The summed E-state index contributed by atoms with van der Waals surface area (Å²) >= 11 is 0. The number of carbonyl (C=O) groups is 2. The van der Waals surface area contributed by atoms with E-state index >= 15 is 0 Å². The number of aromatic nitrogens is 2. The van der Waals surface area contributed by atoms with Crippen LogP contribution in [0, 0.1) is 21.7 Å². The molecule has 0 bridgehead atoms. The molecule has 2 saturated heterocycles. The minimum atomic E-state index is -2.26. The maximum atomic E-state index is 13.8. The quantitative estimate of drug-likeness (QED) is 0.0749. The average molecular weight is 1000 g/mol. The van der Waals surface area contributed by atoms with Gasteiger partial charge in [0, 0.05) is 64.7 Å². The molecule has 14 nitrogen and oxygen atoms in total. The Balaban J connectivity index is 0.000000297. The molecular weight excluding hydrogens is 919 g/mol. The van der Waals surface area contributed by atoms with E-state index in [1.54, 1.807) is 48.9 Å². The molecule has 386 valence electrons. The largest absolute Gasteiger partial charge is 0.444 e. The minimum Gasteiger partial charge on any atom is -0.444 e. The molecule has 2 aliphatic rings. The third-order valence-electron chi connectivity index (χ3n) is 14.1. The van der Waals surface area contributed by atoms with E-state index in [1.807, 2.05) is 27.0 Å².